The fourth-order valence-corrected chi connectivity index (χ4v) is 2.63. The number of ether oxygens (including phenoxy) is 1. The minimum absolute atomic E-state index is 0.306. The lowest BCUT2D eigenvalue weighted by molar-refractivity contribution is 0.0512. The number of unbranched alkanes of at least 4 members (excludes halogenated alkanes) is 6. The molecule has 0 aromatic heterocycles. The van der Waals surface area contributed by atoms with E-state index in [4.69, 9.17) is 27.9 Å². The van der Waals surface area contributed by atoms with E-state index < -0.39 is 4.84 Å². The summed E-state index contributed by atoms with van der Waals surface area (Å²) in [5, 5.41) is 0.976. The molecule has 0 spiro atoms. The van der Waals surface area contributed by atoms with Crippen LogP contribution in [0, 0.1) is 0 Å². The molecular weight excluding hydrogens is 335 g/mol. The molecule has 0 aromatic carbocycles. The zero-order chi connectivity index (χ0) is 13.6. The number of alkyl halides is 3. The average molecular weight is 362 g/mol. The first-order chi connectivity index (χ1) is 8.70. The second kappa shape index (κ2) is 14.4. The van der Waals surface area contributed by atoms with Crippen molar-refractivity contribution in [1.82, 2.24) is 0 Å². The van der Waals surface area contributed by atoms with E-state index in [2.05, 4.69) is 22.9 Å². The second-order valence-corrected chi connectivity index (χ2v) is 6.80. The molecule has 0 rings (SSSR count). The zero-order valence-electron chi connectivity index (χ0n) is 11.5. The molecule has 18 heavy (non-hydrogen) atoms. The first-order valence-electron chi connectivity index (χ1n) is 7.16. The molecule has 1 atom stereocenters. The van der Waals surface area contributed by atoms with Crippen LogP contribution in [0.4, 0.5) is 0 Å². The third-order valence-corrected chi connectivity index (χ3v) is 3.73. The van der Waals surface area contributed by atoms with Crippen molar-refractivity contribution in [1.29, 1.82) is 0 Å². The average Bonchev–Trinajstić information content (AvgIpc) is 2.34. The van der Waals surface area contributed by atoms with Crippen molar-refractivity contribution < 1.29 is 4.74 Å². The summed E-state index contributed by atoms with van der Waals surface area (Å²) in [7, 11) is 0. The predicted molar refractivity (Wildman–Crippen MR) is 86.3 cm³/mol. The van der Waals surface area contributed by atoms with Crippen molar-refractivity contribution >= 4 is 39.1 Å². The highest BCUT2D eigenvalue weighted by Crippen LogP contribution is 2.15. The minimum Gasteiger partial charge on any atom is -0.375 e. The van der Waals surface area contributed by atoms with Gasteiger partial charge in [-0.05, 0) is 12.8 Å². The Morgan fingerprint density at radius 3 is 2.11 bits per heavy atom. The third kappa shape index (κ3) is 13.5. The Bertz CT molecular complexity index is 168. The van der Waals surface area contributed by atoms with Gasteiger partial charge in [0.25, 0.3) is 0 Å². The van der Waals surface area contributed by atoms with Crippen molar-refractivity contribution in [3.8, 4) is 0 Å². The third-order valence-electron chi connectivity index (χ3n) is 3.02. The van der Waals surface area contributed by atoms with Gasteiger partial charge in [-0.1, -0.05) is 67.8 Å². The maximum atomic E-state index is 5.70. The van der Waals surface area contributed by atoms with Gasteiger partial charge in [-0.3, -0.25) is 0 Å². The molecule has 110 valence electrons. The first-order valence-corrected chi connectivity index (χ1v) is 9.15. The van der Waals surface area contributed by atoms with Crippen LogP contribution in [0.25, 0.3) is 0 Å². The van der Waals surface area contributed by atoms with Gasteiger partial charge in [0, 0.05) is 5.33 Å². The molecule has 0 aliphatic carbocycles. The van der Waals surface area contributed by atoms with Crippen molar-refractivity contribution in [3.05, 3.63) is 0 Å². The van der Waals surface area contributed by atoms with Gasteiger partial charge >= 0.3 is 0 Å². The van der Waals surface area contributed by atoms with Gasteiger partial charge in [0.1, 0.15) is 4.84 Å². The highest BCUT2D eigenvalue weighted by atomic mass is 79.9. The van der Waals surface area contributed by atoms with Crippen molar-refractivity contribution in [2.75, 3.05) is 11.9 Å². The van der Waals surface area contributed by atoms with Crippen LogP contribution in [-0.2, 0) is 4.74 Å². The van der Waals surface area contributed by atoms with Gasteiger partial charge in [0.05, 0.1) is 12.7 Å². The maximum absolute atomic E-state index is 5.70. The lowest BCUT2D eigenvalue weighted by Crippen LogP contribution is -2.17. The smallest absolute Gasteiger partial charge is 0.131 e. The normalized spacial score (nSPS) is 13.2. The highest BCUT2D eigenvalue weighted by molar-refractivity contribution is 9.09. The Morgan fingerprint density at radius 1 is 0.944 bits per heavy atom. The molecule has 4 heteroatoms. The summed E-state index contributed by atoms with van der Waals surface area (Å²) in [4.78, 5) is -0.406. The van der Waals surface area contributed by atoms with Gasteiger partial charge in [-0.25, -0.2) is 0 Å². The molecule has 0 radical (unpaired) electrons. The van der Waals surface area contributed by atoms with Gasteiger partial charge in [0.15, 0.2) is 0 Å². The molecule has 0 aliphatic rings. The Kier molecular flexibility index (Phi) is 15.2. The molecule has 1 unspecified atom stereocenters. The van der Waals surface area contributed by atoms with Crippen LogP contribution in [0.3, 0.4) is 0 Å². The summed E-state index contributed by atoms with van der Waals surface area (Å²) in [6.45, 7) is 2.69. The maximum Gasteiger partial charge on any atom is 0.131 e. The minimum atomic E-state index is -0.406. The molecule has 0 saturated heterocycles. The topological polar surface area (TPSA) is 9.23 Å². The van der Waals surface area contributed by atoms with Crippen molar-refractivity contribution in [2.24, 2.45) is 0 Å². The molecule has 0 aliphatic heterocycles. The van der Waals surface area contributed by atoms with Crippen molar-refractivity contribution in [2.45, 2.75) is 75.7 Å². The monoisotopic (exact) mass is 360 g/mol. The summed E-state index contributed by atoms with van der Waals surface area (Å²) < 4.78 is 5.70. The van der Waals surface area contributed by atoms with Crippen LogP contribution in [0.1, 0.15) is 64.7 Å². The fourth-order valence-electron chi connectivity index (χ4n) is 1.97. The van der Waals surface area contributed by atoms with Crippen LogP contribution in [0.2, 0.25) is 0 Å². The first kappa shape index (κ1) is 19.0. The molecule has 0 aromatic rings. The van der Waals surface area contributed by atoms with E-state index in [0.29, 0.717) is 12.7 Å². The van der Waals surface area contributed by atoms with Crippen molar-refractivity contribution in [3.63, 3.8) is 0 Å². The SMILES string of the molecule is CCCCCCCCCC(CCBr)OCC(Cl)Cl. The summed E-state index contributed by atoms with van der Waals surface area (Å²) in [5.74, 6) is 0. The van der Waals surface area contributed by atoms with E-state index in [1.807, 2.05) is 0 Å². The van der Waals surface area contributed by atoms with Gasteiger partial charge in [-0.15, -0.1) is 23.2 Å². The van der Waals surface area contributed by atoms with E-state index >= 15 is 0 Å². The molecule has 0 fully saturated rings. The predicted octanol–water partition coefficient (Wildman–Crippen LogP) is 6.10. The van der Waals surface area contributed by atoms with Crippen LogP contribution in [0.15, 0.2) is 0 Å². The lowest BCUT2D eigenvalue weighted by atomic mass is 10.1. The lowest BCUT2D eigenvalue weighted by Gasteiger charge is -2.17. The Balaban J connectivity index is 3.45. The molecule has 0 amide bonds. The van der Waals surface area contributed by atoms with E-state index in [0.717, 1.165) is 18.2 Å². The van der Waals surface area contributed by atoms with E-state index in [9.17, 15) is 0 Å². The summed E-state index contributed by atoms with van der Waals surface area (Å²) in [5.41, 5.74) is 0. The van der Waals surface area contributed by atoms with E-state index in [-0.39, 0.29) is 0 Å². The van der Waals surface area contributed by atoms with Crippen LogP contribution >= 0.6 is 39.1 Å². The van der Waals surface area contributed by atoms with E-state index in [1.54, 1.807) is 0 Å². The summed E-state index contributed by atoms with van der Waals surface area (Å²) in [6, 6.07) is 0. The Morgan fingerprint density at radius 2 is 1.56 bits per heavy atom. The Labute approximate surface area is 131 Å². The largest absolute Gasteiger partial charge is 0.375 e. The number of hydrogen-bond donors (Lipinski definition) is 0. The summed E-state index contributed by atoms with van der Waals surface area (Å²) in [6.07, 6.45) is 11.9. The molecule has 0 bridgehead atoms. The van der Waals surface area contributed by atoms with Crippen LogP contribution < -0.4 is 0 Å². The zero-order valence-corrected chi connectivity index (χ0v) is 14.6. The van der Waals surface area contributed by atoms with Crippen LogP contribution in [-0.4, -0.2) is 22.9 Å². The molecule has 0 heterocycles. The van der Waals surface area contributed by atoms with E-state index in [1.165, 1.54) is 44.9 Å². The molecular formula is C14H27BrCl2O. The molecule has 1 nitrogen and oxygen atoms in total. The Hall–Kier alpha value is 1.02. The van der Waals surface area contributed by atoms with Gasteiger partial charge in [-0.2, -0.15) is 0 Å². The highest BCUT2D eigenvalue weighted by Gasteiger charge is 2.10. The fraction of sp³-hybridized carbons (Fsp3) is 1.00. The number of hydrogen-bond acceptors (Lipinski definition) is 1. The standard InChI is InChI=1S/C14H27BrCl2O/c1-2-3-4-5-6-7-8-9-13(10-11-15)18-12-14(16)17/h13-14H,2-12H2,1H3. The molecule has 0 N–H and O–H groups in total. The van der Waals surface area contributed by atoms with Gasteiger partial charge < -0.3 is 4.74 Å². The van der Waals surface area contributed by atoms with Gasteiger partial charge in [0.2, 0.25) is 0 Å². The second-order valence-electron chi connectivity index (χ2n) is 4.73. The number of halogens is 3. The molecule has 0 saturated carbocycles. The van der Waals surface area contributed by atoms with Crippen LogP contribution in [0.5, 0.6) is 0 Å². The number of rotatable bonds is 13. The summed E-state index contributed by atoms with van der Waals surface area (Å²) >= 11 is 14.8. The quantitative estimate of drug-likeness (QED) is 0.284.